The molecule has 1 N–H and O–H groups in total. The third kappa shape index (κ3) is 3.76. The molecule has 2 heterocycles. The van der Waals surface area contributed by atoms with Gasteiger partial charge in [-0.05, 0) is 36.4 Å². The van der Waals surface area contributed by atoms with Crippen LogP contribution < -0.4 is 5.32 Å². The van der Waals surface area contributed by atoms with Crippen LogP contribution in [0.15, 0.2) is 76.0 Å². The van der Waals surface area contributed by atoms with Gasteiger partial charge >= 0.3 is 0 Å². The lowest BCUT2D eigenvalue weighted by molar-refractivity contribution is 0.0995. The minimum atomic E-state index is -3.54. The molecule has 0 saturated carbocycles. The van der Waals surface area contributed by atoms with Crippen LogP contribution in [-0.4, -0.2) is 19.3 Å². The summed E-state index contributed by atoms with van der Waals surface area (Å²) in [5.41, 5.74) is 0.798. The molecule has 0 aliphatic heterocycles. The van der Waals surface area contributed by atoms with E-state index in [-0.39, 0.29) is 22.2 Å². The number of rotatable bonds is 5. The molecule has 0 unspecified atom stereocenters. The Balaban J connectivity index is 1.49. The molecule has 8 heteroatoms. The summed E-state index contributed by atoms with van der Waals surface area (Å²) in [6.07, 6.45) is 0. The number of carbonyl (C=O) groups is 1. The van der Waals surface area contributed by atoms with Crippen molar-refractivity contribution in [2.45, 2.75) is 10.6 Å². The number of sulfone groups is 1. The van der Waals surface area contributed by atoms with Crippen molar-refractivity contribution < 1.29 is 17.6 Å². The number of hydrogen-bond acceptors (Lipinski definition) is 6. The van der Waals surface area contributed by atoms with Gasteiger partial charge in [-0.3, -0.25) is 10.1 Å². The highest BCUT2D eigenvalue weighted by molar-refractivity contribution is 7.90. The van der Waals surface area contributed by atoms with Gasteiger partial charge < -0.3 is 4.42 Å². The maximum atomic E-state index is 12.4. The zero-order valence-electron chi connectivity index (χ0n) is 14.0. The second kappa shape index (κ2) is 6.98. The zero-order chi connectivity index (χ0) is 18.9. The Morgan fingerprint density at radius 2 is 1.74 bits per heavy atom. The van der Waals surface area contributed by atoms with Gasteiger partial charge in [0.25, 0.3) is 5.91 Å². The number of fused-ring (bicyclic) bond motifs is 1. The summed E-state index contributed by atoms with van der Waals surface area (Å²) < 4.78 is 31.2. The number of aromatic nitrogens is 1. The predicted molar refractivity (Wildman–Crippen MR) is 104 cm³/mol. The van der Waals surface area contributed by atoms with Crippen LogP contribution in [0.2, 0.25) is 0 Å². The third-order valence-corrected chi connectivity index (χ3v) is 6.44. The first-order valence-electron chi connectivity index (χ1n) is 8.05. The van der Waals surface area contributed by atoms with Crippen molar-refractivity contribution in [1.82, 2.24) is 4.98 Å². The van der Waals surface area contributed by atoms with E-state index in [9.17, 15) is 13.2 Å². The number of nitrogens with one attached hydrogen (secondary N) is 1. The SMILES string of the molecule is O=C(Nc1nc2ccccc2s1)c1ccc(CS(=O)(=O)c2ccccc2)o1. The molecule has 0 spiro atoms. The topological polar surface area (TPSA) is 89.3 Å². The molecule has 0 saturated heterocycles. The van der Waals surface area contributed by atoms with E-state index in [4.69, 9.17) is 4.42 Å². The van der Waals surface area contributed by atoms with Gasteiger partial charge in [-0.1, -0.05) is 41.7 Å². The molecule has 0 bridgehead atoms. The lowest BCUT2D eigenvalue weighted by Crippen LogP contribution is -2.10. The van der Waals surface area contributed by atoms with Gasteiger partial charge in [-0.15, -0.1) is 0 Å². The first-order chi connectivity index (χ1) is 13.0. The highest BCUT2D eigenvalue weighted by atomic mass is 32.2. The molecule has 0 aliphatic carbocycles. The number of thiazole rings is 1. The standard InChI is InChI=1S/C19H14N2O4S2/c22-18(21-19-20-15-8-4-5-9-17(15)26-19)16-11-10-13(25-16)12-27(23,24)14-6-2-1-3-7-14/h1-11H,12H2,(H,20,21,22). The molecule has 27 heavy (non-hydrogen) atoms. The summed E-state index contributed by atoms with van der Waals surface area (Å²) in [5.74, 6) is -0.552. The fourth-order valence-corrected chi connectivity index (χ4v) is 4.69. The lowest BCUT2D eigenvalue weighted by Gasteiger charge is -2.02. The highest BCUT2D eigenvalue weighted by Crippen LogP contribution is 2.26. The highest BCUT2D eigenvalue weighted by Gasteiger charge is 2.19. The van der Waals surface area contributed by atoms with Crippen LogP contribution in [-0.2, 0) is 15.6 Å². The van der Waals surface area contributed by atoms with E-state index >= 15 is 0 Å². The number of carbonyl (C=O) groups excluding carboxylic acids is 1. The average molecular weight is 398 g/mol. The molecule has 1 amide bonds. The first kappa shape index (κ1) is 17.4. The van der Waals surface area contributed by atoms with Crippen molar-refractivity contribution in [2.24, 2.45) is 0 Å². The van der Waals surface area contributed by atoms with Crippen molar-refractivity contribution in [3.05, 3.63) is 78.3 Å². The summed E-state index contributed by atoms with van der Waals surface area (Å²) in [7, 11) is -3.54. The molecule has 0 aliphatic rings. The number of benzene rings is 2. The minimum absolute atomic E-state index is 0.0347. The number of hydrogen-bond donors (Lipinski definition) is 1. The zero-order valence-corrected chi connectivity index (χ0v) is 15.6. The van der Waals surface area contributed by atoms with E-state index < -0.39 is 15.7 Å². The molecule has 0 fully saturated rings. The summed E-state index contributed by atoms with van der Waals surface area (Å²) >= 11 is 1.35. The molecule has 2 aromatic heterocycles. The van der Waals surface area contributed by atoms with E-state index in [1.807, 2.05) is 24.3 Å². The summed E-state index contributed by atoms with van der Waals surface area (Å²) in [4.78, 5) is 16.9. The van der Waals surface area contributed by atoms with Crippen molar-refractivity contribution in [1.29, 1.82) is 0 Å². The van der Waals surface area contributed by atoms with Crippen molar-refractivity contribution in [3.8, 4) is 0 Å². The second-order valence-corrected chi connectivity index (χ2v) is 8.80. The Labute approximate surface area is 159 Å². The van der Waals surface area contributed by atoms with Gasteiger partial charge in [-0.25, -0.2) is 13.4 Å². The van der Waals surface area contributed by atoms with E-state index in [2.05, 4.69) is 10.3 Å². The monoisotopic (exact) mass is 398 g/mol. The van der Waals surface area contributed by atoms with Gasteiger partial charge in [0, 0.05) is 0 Å². The fraction of sp³-hybridized carbons (Fsp3) is 0.0526. The maximum absolute atomic E-state index is 12.4. The largest absolute Gasteiger partial charge is 0.455 e. The van der Waals surface area contributed by atoms with E-state index in [0.29, 0.717) is 5.13 Å². The number of anilines is 1. The predicted octanol–water partition coefficient (Wildman–Crippen LogP) is 4.12. The second-order valence-electron chi connectivity index (χ2n) is 5.78. The Morgan fingerprint density at radius 3 is 2.52 bits per heavy atom. The van der Waals surface area contributed by atoms with E-state index in [0.717, 1.165) is 10.2 Å². The first-order valence-corrected chi connectivity index (χ1v) is 10.5. The maximum Gasteiger partial charge on any atom is 0.293 e. The van der Waals surface area contributed by atoms with Crippen LogP contribution in [0.5, 0.6) is 0 Å². The fourth-order valence-electron chi connectivity index (χ4n) is 2.56. The quantitative estimate of drug-likeness (QED) is 0.546. The van der Waals surface area contributed by atoms with Crippen molar-refractivity contribution >= 4 is 42.4 Å². The van der Waals surface area contributed by atoms with Crippen molar-refractivity contribution in [2.75, 3.05) is 5.32 Å². The molecular weight excluding hydrogens is 384 g/mol. The van der Waals surface area contributed by atoms with Crippen molar-refractivity contribution in [3.63, 3.8) is 0 Å². The van der Waals surface area contributed by atoms with E-state index in [1.165, 1.54) is 35.6 Å². The summed E-state index contributed by atoms with van der Waals surface area (Å²) in [5, 5.41) is 3.14. The van der Waals surface area contributed by atoms with Crippen LogP contribution in [0.1, 0.15) is 16.3 Å². The van der Waals surface area contributed by atoms with Crippen LogP contribution >= 0.6 is 11.3 Å². The average Bonchev–Trinajstić information content (AvgIpc) is 3.28. The number of furan rings is 1. The molecule has 136 valence electrons. The van der Waals surface area contributed by atoms with Gasteiger partial charge in [0.2, 0.25) is 0 Å². The Morgan fingerprint density at radius 1 is 1.00 bits per heavy atom. The lowest BCUT2D eigenvalue weighted by atomic mass is 10.3. The van der Waals surface area contributed by atoms with Crippen LogP contribution in [0.4, 0.5) is 5.13 Å². The van der Waals surface area contributed by atoms with Crippen LogP contribution in [0.3, 0.4) is 0 Å². The molecule has 2 aromatic carbocycles. The molecular formula is C19H14N2O4S2. The smallest absolute Gasteiger partial charge is 0.293 e. The summed E-state index contributed by atoms with van der Waals surface area (Å²) in [6, 6.07) is 18.6. The third-order valence-electron chi connectivity index (χ3n) is 3.83. The molecule has 4 rings (SSSR count). The normalized spacial score (nSPS) is 11.6. The van der Waals surface area contributed by atoms with Gasteiger partial charge in [0.05, 0.1) is 15.1 Å². The number of nitrogens with zero attached hydrogens (tertiary/aromatic N) is 1. The number of para-hydroxylation sites is 1. The minimum Gasteiger partial charge on any atom is -0.455 e. The molecule has 6 nitrogen and oxygen atoms in total. The van der Waals surface area contributed by atoms with E-state index in [1.54, 1.807) is 18.2 Å². The molecule has 0 radical (unpaired) electrons. The summed E-state index contributed by atoms with van der Waals surface area (Å²) in [6.45, 7) is 0. The Bertz CT molecular complexity index is 1180. The van der Waals surface area contributed by atoms with Crippen LogP contribution in [0, 0.1) is 0 Å². The van der Waals surface area contributed by atoms with Crippen LogP contribution in [0.25, 0.3) is 10.2 Å². The van der Waals surface area contributed by atoms with Gasteiger partial charge in [0.1, 0.15) is 11.5 Å². The number of amides is 1. The molecule has 4 aromatic rings. The molecule has 0 atom stereocenters. The Kier molecular flexibility index (Phi) is 4.51. The Hall–Kier alpha value is -2.97. The van der Waals surface area contributed by atoms with Gasteiger partial charge in [0.15, 0.2) is 20.7 Å². The van der Waals surface area contributed by atoms with Gasteiger partial charge in [-0.2, -0.15) is 0 Å².